The molecular weight excluding hydrogens is 360 g/mol. The van der Waals surface area contributed by atoms with Gasteiger partial charge in [0.2, 0.25) is 0 Å². The molecule has 1 aromatic heterocycles. The van der Waals surface area contributed by atoms with E-state index < -0.39 is 0 Å². The van der Waals surface area contributed by atoms with E-state index >= 15 is 0 Å². The number of aromatic nitrogens is 2. The van der Waals surface area contributed by atoms with Crippen molar-refractivity contribution in [2.75, 3.05) is 32.7 Å². The summed E-state index contributed by atoms with van der Waals surface area (Å²) in [5.74, 6) is 0.874. The van der Waals surface area contributed by atoms with E-state index in [1.54, 1.807) is 0 Å². The normalized spacial score (nSPS) is 11.9. The zero-order valence-electron chi connectivity index (χ0n) is 18.8. The first-order valence-electron chi connectivity index (χ1n) is 10.9. The highest BCUT2D eigenvalue weighted by Crippen LogP contribution is 2.17. The average Bonchev–Trinajstić information content (AvgIpc) is 3.06. The molecular formula is C23H38N6. The Morgan fingerprint density at radius 3 is 2.48 bits per heavy atom. The summed E-state index contributed by atoms with van der Waals surface area (Å²) in [6.45, 7) is 16.5. The van der Waals surface area contributed by atoms with Gasteiger partial charge in [-0.15, -0.1) is 0 Å². The number of hydrogen-bond donors (Lipinski definition) is 2. The zero-order chi connectivity index (χ0) is 21.1. The van der Waals surface area contributed by atoms with Gasteiger partial charge in [-0.3, -0.25) is 0 Å². The molecule has 6 heteroatoms. The van der Waals surface area contributed by atoms with Crippen molar-refractivity contribution in [2.24, 2.45) is 4.99 Å². The highest BCUT2D eigenvalue weighted by molar-refractivity contribution is 5.79. The van der Waals surface area contributed by atoms with Crippen LogP contribution >= 0.6 is 0 Å². The van der Waals surface area contributed by atoms with Crippen LogP contribution in [-0.2, 0) is 6.54 Å². The van der Waals surface area contributed by atoms with E-state index in [4.69, 9.17) is 4.99 Å². The quantitative estimate of drug-likeness (QED) is 0.344. The summed E-state index contributed by atoms with van der Waals surface area (Å²) < 4.78 is 2.01. The summed E-state index contributed by atoms with van der Waals surface area (Å²) in [7, 11) is 0. The van der Waals surface area contributed by atoms with Crippen molar-refractivity contribution in [1.82, 2.24) is 25.3 Å². The molecule has 2 rings (SSSR count). The SMILES string of the molecule is CCNC(=NCc1ccccc1-n1nc(C)cc1C)NCCCCN(CC)CC. The molecule has 0 aliphatic carbocycles. The lowest BCUT2D eigenvalue weighted by Gasteiger charge is -2.18. The van der Waals surface area contributed by atoms with Crippen molar-refractivity contribution in [3.05, 3.63) is 47.3 Å². The minimum atomic E-state index is 0.614. The van der Waals surface area contributed by atoms with Crippen molar-refractivity contribution in [1.29, 1.82) is 0 Å². The monoisotopic (exact) mass is 398 g/mol. The van der Waals surface area contributed by atoms with E-state index in [0.29, 0.717) is 6.54 Å². The molecule has 0 amide bonds. The molecule has 2 N–H and O–H groups in total. The summed E-state index contributed by atoms with van der Waals surface area (Å²) in [4.78, 5) is 7.28. The van der Waals surface area contributed by atoms with Crippen molar-refractivity contribution in [2.45, 2.75) is 54.0 Å². The number of rotatable bonds is 11. The molecule has 6 nitrogen and oxygen atoms in total. The Bertz CT molecular complexity index is 760. The number of aliphatic imine (C=N–C) groups is 1. The van der Waals surface area contributed by atoms with Gasteiger partial charge < -0.3 is 15.5 Å². The van der Waals surface area contributed by atoms with Crippen LogP contribution in [0.15, 0.2) is 35.3 Å². The second-order valence-electron chi connectivity index (χ2n) is 7.32. The van der Waals surface area contributed by atoms with Crippen LogP contribution in [-0.4, -0.2) is 53.4 Å². The second-order valence-corrected chi connectivity index (χ2v) is 7.32. The van der Waals surface area contributed by atoms with Gasteiger partial charge in [0.15, 0.2) is 5.96 Å². The Kier molecular flexibility index (Phi) is 9.71. The lowest BCUT2D eigenvalue weighted by molar-refractivity contribution is 0.297. The molecule has 0 aliphatic rings. The van der Waals surface area contributed by atoms with Crippen LogP contribution in [0.1, 0.15) is 50.6 Å². The topological polar surface area (TPSA) is 57.5 Å². The molecule has 2 aromatic rings. The standard InChI is InChI=1S/C23H38N6/c1-6-24-23(25-15-11-12-16-28(7-2)8-3)26-18-21-13-9-10-14-22(21)29-20(5)17-19(4)27-29/h9-10,13-14,17H,6-8,11-12,15-16,18H2,1-5H3,(H2,24,25,26). The van der Waals surface area contributed by atoms with Crippen LogP contribution in [0.25, 0.3) is 5.69 Å². The number of aryl methyl sites for hydroxylation is 2. The highest BCUT2D eigenvalue weighted by Gasteiger charge is 2.08. The predicted octanol–water partition coefficient (Wildman–Crippen LogP) is 3.67. The smallest absolute Gasteiger partial charge is 0.191 e. The van der Waals surface area contributed by atoms with E-state index in [9.17, 15) is 0 Å². The summed E-state index contributed by atoms with van der Waals surface area (Å²) in [6.07, 6.45) is 2.35. The Morgan fingerprint density at radius 1 is 1.07 bits per heavy atom. The number of guanidine groups is 1. The van der Waals surface area contributed by atoms with Gasteiger partial charge >= 0.3 is 0 Å². The number of unbranched alkanes of at least 4 members (excludes halogenated alkanes) is 1. The van der Waals surface area contributed by atoms with E-state index in [-0.39, 0.29) is 0 Å². The first-order chi connectivity index (χ1) is 14.1. The Morgan fingerprint density at radius 2 is 1.83 bits per heavy atom. The second kappa shape index (κ2) is 12.3. The molecule has 0 bridgehead atoms. The van der Waals surface area contributed by atoms with Crippen molar-refractivity contribution >= 4 is 5.96 Å². The van der Waals surface area contributed by atoms with Gasteiger partial charge in [0, 0.05) is 18.8 Å². The van der Waals surface area contributed by atoms with Gasteiger partial charge in [-0.25, -0.2) is 9.67 Å². The molecule has 0 radical (unpaired) electrons. The van der Waals surface area contributed by atoms with Gasteiger partial charge in [0.1, 0.15) is 0 Å². The number of nitrogens with zero attached hydrogens (tertiary/aromatic N) is 4. The molecule has 1 heterocycles. The molecule has 0 atom stereocenters. The number of hydrogen-bond acceptors (Lipinski definition) is 3. The predicted molar refractivity (Wildman–Crippen MR) is 123 cm³/mol. The molecule has 29 heavy (non-hydrogen) atoms. The van der Waals surface area contributed by atoms with Gasteiger partial charge in [0.25, 0.3) is 0 Å². The maximum Gasteiger partial charge on any atom is 0.191 e. The van der Waals surface area contributed by atoms with Crippen molar-refractivity contribution in [3.63, 3.8) is 0 Å². The number of nitrogens with one attached hydrogen (secondary N) is 2. The Hall–Kier alpha value is -2.34. The molecule has 0 saturated carbocycles. The summed E-state index contributed by atoms with van der Waals surface area (Å²) in [5.41, 5.74) is 4.42. The van der Waals surface area contributed by atoms with Crippen LogP contribution in [0.2, 0.25) is 0 Å². The van der Waals surface area contributed by atoms with Gasteiger partial charge in [-0.2, -0.15) is 5.10 Å². The van der Waals surface area contributed by atoms with Crippen molar-refractivity contribution < 1.29 is 0 Å². The molecule has 0 saturated heterocycles. The minimum Gasteiger partial charge on any atom is -0.357 e. The van der Waals surface area contributed by atoms with Crippen LogP contribution < -0.4 is 10.6 Å². The van der Waals surface area contributed by atoms with Crippen LogP contribution in [0.4, 0.5) is 0 Å². The van der Waals surface area contributed by atoms with Crippen LogP contribution in [0.5, 0.6) is 0 Å². The van der Waals surface area contributed by atoms with E-state index in [0.717, 1.165) is 61.2 Å². The maximum atomic E-state index is 4.81. The van der Waals surface area contributed by atoms with E-state index in [1.807, 2.05) is 11.6 Å². The largest absolute Gasteiger partial charge is 0.357 e. The van der Waals surface area contributed by atoms with Crippen LogP contribution in [0.3, 0.4) is 0 Å². The fourth-order valence-corrected chi connectivity index (χ4v) is 3.44. The maximum absolute atomic E-state index is 4.81. The third-order valence-electron chi connectivity index (χ3n) is 5.07. The van der Waals surface area contributed by atoms with Gasteiger partial charge in [-0.1, -0.05) is 32.0 Å². The van der Waals surface area contributed by atoms with Crippen LogP contribution in [0, 0.1) is 13.8 Å². The molecule has 1 aromatic carbocycles. The lowest BCUT2D eigenvalue weighted by atomic mass is 10.2. The number of para-hydroxylation sites is 1. The third kappa shape index (κ3) is 7.20. The average molecular weight is 399 g/mol. The van der Waals surface area contributed by atoms with Gasteiger partial charge in [0.05, 0.1) is 17.9 Å². The Labute approximate surface area is 176 Å². The fraction of sp³-hybridized carbons (Fsp3) is 0.565. The summed E-state index contributed by atoms with van der Waals surface area (Å²) >= 11 is 0. The molecule has 160 valence electrons. The number of benzene rings is 1. The van der Waals surface area contributed by atoms with E-state index in [2.05, 4.69) is 78.7 Å². The molecule has 0 unspecified atom stereocenters. The molecule has 0 spiro atoms. The zero-order valence-corrected chi connectivity index (χ0v) is 18.8. The van der Waals surface area contributed by atoms with E-state index in [1.165, 1.54) is 13.0 Å². The summed E-state index contributed by atoms with van der Waals surface area (Å²) in [6, 6.07) is 10.5. The Balaban J connectivity index is 1.97. The van der Waals surface area contributed by atoms with Crippen molar-refractivity contribution in [3.8, 4) is 5.69 Å². The fourth-order valence-electron chi connectivity index (χ4n) is 3.44. The first-order valence-corrected chi connectivity index (χ1v) is 10.9. The first kappa shape index (κ1) is 22.9. The summed E-state index contributed by atoms with van der Waals surface area (Å²) in [5, 5.41) is 11.5. The molecule has 0 aliphatic heterocycles. The molecule has 0 fully saturated rings. The lowest BCUT2D eigenvalue weighted by Crippen LogP contribution is -2.38. The third-order valence-corrected chi connectivity index (χ3v) is 5.07. The minimum absolute atomic E-state index is 0.614. The van der Waals surface area contributed by atoms with Gasteiger partial charge in [-0.05, 0) is 70.9 Å². The highest BCUT2D eigenvalue weighted by atomic mass is 15.3.